The van der Waals surface area contributed by atoms with Gasteiger partial charge < -0.3 is 10.1 Å². The fourth-order valence-corrected chi connectivity index (χ4v) is 3.61. The molecule has 0 spiro atoms. The number of amides is 1. The molecule has 1 fully saturated rings. The van der Waals surface area contributed by atoms with E-state index in [9.17, 15) is 4.79 Å². The predicted octanol–water partition coefficient (Wildman–Crippen LogP) is 2.97. The minimum atomic E-state index is -0.0850. The van der Waals surface area contributed by atoms with Gasteiger partial charge >= 0.3 is 0 Å². The molecule has 0 unspecified atom stereocenters. The third kappa shape index (κ3) is 5.14. The van der Waals surface area contributed by atoms with Crippen LogP contribution in [0.5, 0.6) is 0 Å². The number of aromatic nitrogens is 2. The molecule has 1 saturated heterocycles. The third-order valence-electron chi connectivity index (χ3n) is 5.34. The van der Waals surface area contributed by atoms with E-state index in [1.54, 1.807) is 0 Å². The first-order chi connectivity index (χ1) is 14.7. The Labute approximate surface area is 177 Å². The first kappa shape index (κ1) is 20.3. The van der Waals surface area contributed by atoms with Gasteiger partial charge in [0.15, 0.2) is 0 Å². The van der Waals surface area contributed by atoms with Crippen LogP contribution in [0.2, 0.25) is 0 Å². The SMILES string of the molecule is Cc1ccc(-c2nn(Cc3ccccc3)cc2C(=O)NCCN2CCOCC2)cc1. The molecule has 0 saturated carbocycles. The molecule has 4 rings (SSSR count). The summed E-state index contributed by atoms with van der Waals surface area (Å²) in [5, 5.41) is 7.82. The molecule has 6 heteroatoms. The second-order valence-electron chi connectivity index (χ2n) is 7.65. The normalized spacial score (nSPS) is 14.6. The number of ether oxygens (including phenoxy) is 1. The summed E-state index contributed by atoms with van der Waals surface area (Å²) in [6, 6.07) is 18.3. The second kappa shape index (κ2) is 9.69. The first-order valence-electron chi connectivity index (χ1n) is 10.5. The lowest BCUT2D eigenvalue weighted by Gasteiger charge is -2.26. The standard InChI is InChI=1S/C24H28N4O2/c1-19-7-9-21(10-8-19)23-22(18-28(26-23)17-20-5-3-2-4-6-20)24(29)25-11-12-27-13-15-30-16-14-27/h2-10,18H,11-17H2,1H3,(H,25,29). The highest BCUT2D eigenvalue weighted by Gasteiger charge is 2.18. The van der Waals surface area contributed by atoms with Gasteiger partial charge in [-0.2, -0.15) is 5.10 Å². The number of hydrogen-bond donors (Lipinski definition) is 1. The highest BCUT2D eigenvalue weighted by Crippen LogP contribution is 2.23. The summed E-state index contributed by atoms with van der Waals surface area (Å²) in [5.41, 5.74) is 4.60. The number of carbonyl (C=O) groups excluding carboxylic acids is 1. The van der Waals surface area contributed by atoms with E-state index in [0.717, 1.165) is 49.7 Å². The quantitative estimate of drug-likeness (QED) is 0.658. The van der Waals surface area contributed by atoms with Crippen molar-refractivity contribution < 1.29 is 9.53 Å². The largest absolute Gasteiger partial charge is 0.379 e. The Morgan fingerprint density at radius 2 is 1.80 bits per heavy atom. The molecule has 156 valence electrons. The van der Waals surface area contributed by atoms with E-state index in [1.807, 2.05) is 53.3 Å². The smallest absolute Gasteiger partial charge is 0.255 e. The van der Waals surface area contributed by atoms with Gasteiger partial charge in [0, 0.05) is 37.9 Å². The van der Waals surface area contributed by atoms with Crippen LogP contribution < -0.4 is 5.32 Å². The van der Waals surface area contributed by atoms with Gasteiger partial charge in [-0.3, -0.25) is 14.4 Å². The molecule has 0 aliphatic carbocycles. The molecule has 1 amide bonds. The molecule has 6 nitrogen and oxygen atoms in total. The van der Waals surface area contributed by atoms with Crippen LogP contribution in [-0.2, 0) is 11.3 Å². The molecular weight excluding hydrogens is 376 g/mol. The Balaban J connectivity index is 1.51. The van der Waals surface area contributed by atoms with Crippen molar-refractivity contribution in [3.05, 3.63) is 77.5 Å². The number of carbonyl (C=O) groups is 1. The molecule has 3 aromatic rings. The lowest BCUT2D eigenvalue weighted by molar-refractivity contribution is 0.0383. The molecule has 1 aromatic heterocycles. The minimum absolute atomic E-state index is 0.0850. The van der Waals surface area contributed by atoms with Crippen LogP contribution >= 0.6 is 0 Å². The second-order valence-corrected chi connectivity index (χ2v) is 7.65. The number of morpholine rings is 1. The van der Waals surface area contributed by atoms with E-state index in [4.69, 9.17) is 9.84 Å². The van der Waals surface area contributed by atoms with E-state index in [1.165, 1.54) is 5.56 Å². The Morgan fingerprint density at radius 1 is 1.07 bits per heavy atom. The molecule has 30 heavy (non-hydrogen) atoms. The molecule has 0 bridgehead atoms. The molecule has 2 heterocycles. The van der Waals surface area contributed by atoms with Gasteiger partial charge in [-0.25, -0.2) is 0 Å². The van der Waals surface area contributed by atoms with Crippen LogP contribution in [0.25, 0.3) is 11.3 Å². The number of nitrogens with one attached hydrogen (secondary N) is 1. The Kier molecular flexibility index (Phi) is 6.57. The number of rotatable bonds is 7. The highest BCUT2D eigenvalue weighted by atomic mass is 16.5. The maximum atomic E-state index is 13.0. The van der Waals surface area contributed by atoms with Gasteiger partial charge in [0.25, 0.3) is 5.91 Å². The molecule has 0 radical (unpaired) electrons. The lowest BCUT2D eigenvalue weighted by atomic mass is 10.1. The number of hydrogen-bond acceptors (Lipinski definition) is 4. The molecular formula is C24H28N4O2. The van der Waals surface area contributed by atoms with Crippen molar-refractivity contribution in [3.8, 4) is 11.3 Å². The van der Waals surface area contributed by atoms with Crippen LogP contribution in [0.1, 0.15) is 21.5 Å². The summed E-state index contributed by atoms with van der Waals surface area (Å²) < 4.78 is 7.23. The molecule has 0 atom stereocenters. The summed E-state index contributed by atoms with van der Waals surface area (Å²) in [6.45, 7) is 7.47. The van der Waals surface area contributed by atoms with Crippen LogP contribution in [0.15, 0.2) is 60.8 Å². The van der Waals surface area contributed by atoms with Crippen molar-refractivity contribution in [2.75, 3.05) is 39.4 Å². The number of aryl methyl sites for hydroxylation is 1. The number of benzene rings is 2. The van der Waals surface area contributed by atoms with Gasteiger partial charge in [0.2, 0.25) is 0 Å². The molecule has 2 aromatic carbocycles. The predicted molar refractivity (Wildman–Crippen MR) is 118 cm³/mol. The zero-order valence-corrected chi connectivity index (χ0v) is 17.4. The monoisotopic (exact) mass is 404 g/mol. The fourth-order valence-electron chi connectivity index (χ4n) is 3.61. The summed E-state index contributed by atoms with van der Waals surface area (Å²) in [6.07, 6.45) is 1.85. The van der Waals surface area contributed by atoms with Crippen LogP contribution in [0.3, 0.4) is 0 Å². The summed E-state index contributed by atoms with van der Waals surface area (Å²) in [5.74, 6) is -0.0850. The van der Waals surface area contributed by atoms with E-state index >= 15 is 0 Å². The average molecular weight is 405 g/mol. The summed E-state index contributed by atoms with van der Waals surface area (Å²) in [4.78, 5) is 15.3. The van der Waals surface area contributed by atoms with Crippen LogP contribution in [0.4, 0.5) is 0 Å². The zero-order valence-electron chi connectivity index (χ0n) is 17.4. The van der Waals surface area contributed by atoms with Gasteiger partial charge in [-0.05, 0) is 12.5 Å². The molecule has 1 aliphatic heterocycles. The number of nitrogens with zero attached hydrogens (tertiary/aromatic N) is 3. The topological polar surface area (TPSA) is 59.4 Å². The molecule has 1 aliphatic rings. The van der Waals surface area contributed by atoms with Crippen molar-refractivity contribution in [1.82, 2.24) is 20.0 Å². The van der Waals surface area contributed by atoms with E-state index in [0.29, 0.717) is 18.7 Å². The van der Waals surface area contributed by atoms with Crippen molar-refractivity contribution >= 4 is 5.91 Å². The lowest BCUT2D eigenvalue weighted by Crippen LogP contribution is -2.41. The van der Waals surface area contributed by atoms with Crippen LogP contribution in [-0.4, -0.2) is 60.0 Å². The summed E-state index contributed by atoms with van der Waals surface area (Å²) in [7, 11) is 0. The van der Waals surface area contributed by atoms with Gasteiger partial charge in [0.05, 0.1) is 25.3 Å². The van der Waals surface area contributed by atoms with Gasteiger partial charge in [0.1, 0.15) is 5.69 Å². The van der Waals surface area contributed by atoms with Gasteiger partial charge in [-0.1, -0.05) is 60.2 Å². The Morgan fingerprint density at radius 3 is 2.53 bits per heavy atom. The Hall–Kier alpha value is -2.96. The van der Waals surface area contributed by atoms with Crippen molar-refractivity contribution in [2.24, 2.45) is 0 Å². The van der Waals surface area contributed by atoms with Gasteiger partial charge in [-0.15, -0.1) is 0 Å². The maximum absolute atomic E-state index is 13.0. The maximum Gasteiger partial charge on any atom is 0.255 e. The fraction of sp³-hybridized carbons (Fsp3) is 0.333. The average Bonchev–Trinajstić information content (AvgIpc) is 3.19. The van der Waals surface area contributed by atoms with Crippen molar-refractivity contribution in [1.29, 1.82) is 0 Å². The molecule has 1 N–H and O–H groups in total. The van der Waals surface area contributed by atoms with E-state index in [2.05, 4.69) is 29.3 Å². The van der Waals surface area contributed by atoms with Crippen molar-refractivity contribution in [3.63, 3.8) is 0 Å². The third-order valence-corrected chi connectivity index (χ3v) is 5.34. The van der Waals surface area contributed by atoms with Crippen LogP contribution in [0, 0.1) is 6.92 Å². The zero-order chi connectivity index (χ0) is 20.8. The Bertz CT molecular complexity index is 961. The van der Waals surface area contributed by atoms with E-state index in [-0.39, 0.29) is 5.91 Å². The minimum Gasteiger partial charge on any atom is -0.379 e. The highest BCUT2D eigenvalue weighted by molar-refractivity contribution is 5.99. The van der Waals surface area contributed by atoms with E-state index < -0.39 is 0 Å². The summed E-state index contributed by atoms with van der Waals surface area (Å²) >= 11 is 0. The first-order valence-corrected chi connectivity index (χ1v) is 10.5. The van der Waals surface area contributed by atoms with Crippen molar-refractivity contribution in [2.45, 2.75) is 13.5 Å².